The summed E-state index contributed by atoms with van der Waals surface area (Å²) in [5, 5.41) is 2.48. The first-order valence-electron chi connectivity index (χ1n) is 10.2. The number of aromatic nitrogens is 1. The van der Waals surface area contributed by atoms with E-state index < -0.39 is 35.8 Å². The lowest BCUT2D eigenvalue weighted by Crippen LogP contribution is -2.25. The second-order valence-corrected chi connectivity index (χ2v) is 7.37. The Hall–Kier alpha value is -4.62. The second-order valence-electron chi connectivity index (χ2n) is 7.37. The van der Waals surface area contributed by atoms with Crippen LogP contribution < -0.4 is 29.0 Å². The third kappa shape index (κ3) is 5.97. The number of halogens is 5. The fraction of sp³-hybridized carbons (Fsp3) is 0.174. The molecule has 0 saturated carbocycles. The number of pyridine rings is 1. The SMILES string of the molecule is COc1cc(OC(F)(F)F)ccc1Oc1cc2c(cc1C(=O)Nc1ccnc(C(C)=O)c1)OC(F)(F)O2. The number of carbonyl (C=O) groups excluding carboxylic acids is 2. The number of fused-ring (bicyclic) bond motifs is 1. The molecule has 14 heteroatoms. The maximum Gasteiger partial charge on any atom is 0.586 e. The Bertz CT molecular complexity index is 1380. The summed E-state index contributed by atoms with van der Waals surface area (Å²) in [6, 6.07) is 7.41. The number of Topliss-reactive ketones (excluding diaryl/α,β-unsaturated/α-hetero) is 1. The number of rotatable bonds is 7. The zero-order chi connectivity index (χ0) is 27.0. The lowest BCUT2D eigenvalue weighted by molar-refractivity contribution is -0.286. The average molecular weight is 526 g/mol. The van der Waals surface area contributed by atoms with Gasteiger partial charge in [-0.3, -0.25) is 14.6 Å². The molecule has 0 spiro atoms. The van der Waals surface area contributed by atoms with Crippen LogP contribution in [0.2, 0.25) is 0 Å². The van der Waals surface area contributed by atoms with Crippen LogP contribution in [0.1, 0.15) is 27.8 Å². The first kappa shape index (κ1) is 25.5. The van der Waals surface area contributed by atoms with E-state index in [2.05, 4.69) is 24.5 Å². The van der Waals surface area contributed by atoms with E-state index in [-0.39, 0.29) is 40.0 Å². The standard InChI is InChI=1S/C23H15F5N2O7/c1-11(31)15-7-12(5-6-29-15)30-21(32)14-9-19-20(37-23(27,28)36-19)10-17(14)34-16-4-3-13(8-18(16)33-2)35-22(24,25)26/h3-10H,1-2H3,(H,29,30,32). The molecular weight excluding hydrogens is 511 g/mol. The summed E-state index contributed by atoms with van der Waals surface area (Å²) in [7, 11) is 1.14. The summed E-state index contributed by atoms with van der Waals surface area (Å²) < 4.78 is 88.3. The Morgan fingerprint density at radius 2 is 1.68 bits per heavy atom. The number of alkyl halides is 5. The van der Waals surface area contributed by atoms with Crippen molar-refractivity contribution in [3.8, 4) is 34.5 Å². The van der Waals surface area contributed by atoms with Crippen LogP contribution in [0, 0.1) is 0 Å². The minimum atomic E-state index is -4.96. The molecule has 1 amide bonds. The third-order valence-corrected chi connectivity index (χ3v) is 4.72. The number of nitrogens with one attached hydrogen (secondary N) is 1. The van der Waals surface area contributed by atoms with Crippen molar-refractivity contribution in [2.75, 3.05) is 12.4 Å². The first-order valence-corrected chi connectivity index (χ1v) is 10.2. The van der Waals surface area contributed by atoms with E-state index in [1.54, 1.807) is 0 Å². The lowest BCUT2D eigenvalue weighted by Gasteiger charge is -2.16. The molecule has 194 valence electrons. The van der Waals surface area contributed by atoms with Crippen LogP contribution in [0.25, 0.3) is 0 Å². The van der Waals surface area contributed by atoms with E-state index in [0.29, 0.717) is 0 Å². The second kappa shape index (κ2) is 9.44. The van der Waals surface area contributed by atoms with Crippen molar-refractivity contribution in [2.45, 2.75) is 19.6 Å². The number of amides is 1. The molecule has 1 N–H and O–H groups in total. The molecule has 1 aromatic heterocycles. The Labute approximate surface area is 204 Å². The highest BCUT2D eigenvalue weighted by Crippen LogP contribution is 2.46. The van der Waals surface area contributed by atoms with Crippen molar-refractivity contribution in [3.05, 3.63) is 59.9 Å². The molecule has 0 saturated heterocycles. The Kier molecular flexibility index (Phi) is 6.50. The quantitative estimate of drug-likeness (QED) is 0.315. The molecule has 4 rings (SSSR count). The number of anilines is 1. The third-order valence-electron chi connectivity index (χ3n) is 4.72. The minimum absolute atomic E-state index is 0.0607. The highest BCUT2D eigenvalue weighted by Gasteiger charge is 2.44. The van der Waals surface area contributed by atoms with Gasteiger partial charge in [0.05, 0.1) is 12.7 Å². The molecule has 1 aliphatic rings. The molecule has 0 aliphatic carbocycles. The number of ether oxygens (including phenoxy) is 5. The van der Waals surface area contributed by atoms with Crippen molar-refractivity contribution in [1.29, 1.82) is 0 Å². The smallest absolute Gasteiger partial charge is 0.493 e. The summed E-state index contributed by atoms with van der Waals surface area (Å²) in [5.74, 6) is -3.52. The van der Waals surface area contributed by atoms with Crippen LogP contribution in [-0.2, 0) is 0 Å². The van der Waals surface area contributed by atoms with Crippen LogP contribution in [0.3, 0.4) is 0 Å². The van der Waals surface area contributed by atoms with Crippen LogP contribution in [0.15, 0.2) is 48.7 Å². The van der Waals surface area contributed by atoms with E-state index >= 15 is 0 Å². The number of hydrogen-bond acceptors (Lipinski definition) is 8. The number of benzene rings is 2. The molecule has 0 bridgehead atoms. The number of ketones is 1. The van der Waals surface area contributed by atoms with Gasteiger partial charge in [0.15, 0.2) is 28.8 Å². The van der Waals surface area contributed by atoms with Gasteiger partial charge in [-0.05, 0) is 24.3 Å². The monoisotopic (exact) mass is 526 g/mol. The maximum atomic E-state index is 13.6. The highest BCUT2D eigenvalue weighted by molar-refractivity contribution is 6.07. The molecule has 0 atom stereocenters. The Morgan fingerprint density at radius 3 is 2.32 bits per heavy atom. The van der Waals surface area contributed by atoms with E-state index in [1.165, 1.54) is 25.3 Å². The van der Waals surface area contributed by atoms with Crippen LogP contribution in [0.5, 0.6) is 34.5 Å². The number of nitrogens with zero attached hydrogens (tertiary/aromatic N) is 1. The van der Waals surface area contributed by atoms with Gasteiger partial charge in [0.2, 0.25) is 0 Å². The highest BCUT2D eigenvalue weighted by atomic mass is 19.4. The first-order chi connectivity index (χ1) is 17.3. The summed E-state index contributed by atoms with van der Waals surface area (Å²) in [6.45, 7) is 1.27. The van der Waals surface area contributed by atoms with Crippen molar-refractivity contribution >= 4 is 17.4 Å². The summed E-state index contributed by atoms with van der Waals surface area (Å²) in [6.07, 6.45) is -7.69. The van der Waals surface area contributed by atoms with Gasteiger partial charge in [0, 0.05) is 37.0 Å². The van der Waals surface area contributed by atoms with Crippen molar-refractivity contribution < 1.29 is 55.2 Å². The van der Waals surface area contributed by atoms with E-state index in [4.69, 9.17) is 9.47 Å². The largest absolute Gasteiger partial charge is 0.586 e. The van der Waals surface area contributed by atoms with Gasteiger partial charge in [0.1, 0.15) is 17.2 Å². The molecule has 9 nitrogen and oxygen atoms in total. The van der Waals surface area contributed by atoms with E-state index in [0.717, 1.165) is 37.4 Å². The summed E-state index contributed by atoms with van der Waals surface area (Å²) in [4.78, 5) is 28.5. The molecular formula is C23H15F5N2O7. The van der Waals surface area contributed by atoms with E-state index in [1.807, 2.05) is 0 Å². The molecule has 2 aromatic carbocycles. The fourth-order valence-corrected chi connectivity index (χ4v) is 3.19. The van der Waals surface area contributed by atoms with Gasteiger partial charge in [-0.1, -0.05) is 0 Å². The molecule has 3 aromatic rings. The van der Waals surface area contributed by atoms with E-state index in [9.17, 15) is 31.5 Å². The van der Waals surface area contributed by atoms with Gasteiger partial charge in [0.25, 0.3) is 5.91 Å². The molecule has 0 fully saturated rings. The summed E-state index contributed by atoms with van der Waals surface area (Å²) in [5.41, 5.74) is -0.102. The minimum Gasteiger partial charge on any atom is -0.493 e. The van der Waals surface area contributed by atoms with Crippen LogP contribution >= 0.6 is 0 Å². The predicted octanol–water partition coefficient (Wildman–Crippen LogP) is 5.56. The average Bonchev–Trinajstić information content (AvgIpc) is 3.11. The van der Waals surface area contributed by atoms with Gasteiger partial charge >= 0.3 is 12.7 Å². The van der Waals surface area contributed by atoms with Gasteiger partial charge < -0.3 is 29.0 Å². The molecule has 37 heavy (non-hydrogen) atoms. The predicted molar refractivity (Wildman–Crippen MR) is 115 cm³/mol. The van der Waals surface area contributed by atoms with Gasteiger partial charge in [-0.15, -0.1) is 22.0 Å². The Morgan fingerprint density at radius 1 is 0.973 bits per heavy atom. The fourth-order valence-electron chi connectivity index (χ4n) is 3.19. The number of carbonyl (C=O) groups is 2. The normalized spacial score (nSPS) is 13.6. The number of hydrogen-bond donors (Lipinski definition) is 1. The van der Waals surface area contributed by atoms with Crippen molar-refractivity contribution in [2.24, 2.45) is 0 Å². The topological polar surface area (TPSA) is 105 Å². The zero-order valence-corrected chi connectivity index (χ0v) is 18.8. The van der Waals surface area contributed by atoms with Gasteiger partial charge in [-0.2, -0.15) is 0 Å². The summed E-state index contributed by atoms with van der Waals surface area (Å²) >= 11 is 0. The van der Waals surface area contributed by atoms with Gasteiger partial charge in [-0.25, -0.2) is 0 Å². The Balaban J connectivity index is 1.70. The molecule has 0 unspecified atom stereocenters. The molecule has 1 aliphatic heterocycles. The van der Waals surface area contributed by atoms with Crippen molar-refractivity contribution in [1.82, 2.24) is 4.98 Å². The van der Waals surface area contributed by atoms with Crippen LogP contribution in [0.4, 0.5) is 27.6 Å². The van der Waals surface area contributed by atoms with Crippen LogP contribution in [-0.4, -0.2) is 36.4 Å². The molecule has 0 radical (unpaired) electrons. The molecule has 2 heterocycles. The zero-order valence-electron chi connectivity index (χ0n) is 18.8. The maximum absolute atomic E-state index is 13.6. The number of methoxy groups -OCH3 is 1. The van der Waals surface area contributed by atoms with Crippen molar-refractivity contribution in [3.63, 3.8) is 0 Å². The lowest BCUT2D eigenvalue weighted by atomic mass is 10.1.